The van der Waals surface area contributed by atoms with Gasteiger partial charge in [0.15, 0.2) is 0 Å². The SMILES string of the molecule is CC(C)C(=O)N(C1CCCC1)[C@@H]1CC(C(=O)NCCO)=C[C@H](Oc2ccccc2I)[C@H]1O. The van der Waals surface area contributed by atoms with Gasteiger partial charge in [-0.25, -0.2) is 0 Å². The van der Waals surface area contributed by atoms with Gasteiger partial charge in [-0.05, 0) is 53.6 Å². The van der Waals surface area contributed by atoms with Crippen LogP contribution in [0.1, 0.15) is 46.0 Å². The third-order valence-corrected chi connectivity index (χ3v) is 7.03. The second-order valence-electron chi connectivity index (χ2n) is 8.78. The molecule has 3 rings (SSSR count). The summed E-state index contributed by atoms with van der Waals surface area (Å²) >= 11 is 2.17. The van der Waals surface area contributed by atoms with Gasteiger partial charge in [0.2, 0.25) is 11.8 Å². The number of carbonyl (C=O) groups is 2. The average Bonchev–Trinajstić information content (AvgIpc) is 3.30. The second-order valence-corrected chi connectivity index (χ2v) is 9.95. The van der Waals surface area contributed by atoms with Gasteiger partial charge in [-0.2, -0.15) is 0 Å². The van der Waals surface area contributed by atoms with E-state index >= 15 is 0 Å². The van der Waals surface area contributed by atoms with Crippen LogP contribution in [-0.4, -0.2) is 64.4 Å². The van der Waals surface area contributed by atoms with E-state index in [9.17, 15) is 14.7 Å². The zero-order valence-electron chi connectivity index (χ0n) is 18.7. The normalized spacial score (nSPS) is 23.7. The Hall–Kier alpha value is -1.65. The van der Waals surface area contributed by atoms with Crippen LogP contribution in [0.2, 0.25) is 0 Å². The number of nitrogens with one attached hydrogen (secondary N) is 1. The average molecular weight is 556 g/mol. The van der Waals surface area contributed by atoms with Gasteiger partial charge in [-0.15, -0.1) is 0 Å². The number of aliphatic hydroxyl groups excluding tert-OH is 2. The first-order valence-corrected chi connectivity index (χ1v) is 12.4. The Kier molecular flexibility index (Phi) is 8.95. The molecule has 0 unspecified atom stereocenters. The van der Waals surface area contributed by atoms with Crippen LogP contribution in [0.25, 0.3) is 0 Å². The number of nitrogens with zero attached hydrogens (tertiary/aromatic N) is 1. The molecular formula is C24H33IN2O5. The summed E-state index contributed by atoms with van der Waals surface area (Å²) in [5, 5.41) is 23.2. The third kappa shape index (κ3) is 5.82. The molecule has 2 amide bonds. The number of ether oxygens (including phenoxy) is 1. The van der Waals surface area contributed by atoms with Crippen molar-refractivity contribution < 1.29 is 24.5 Å². The Labute approximate surface area is 203 Å². The quantitative estimate of drug-likeness (QED) is 0.428. The highest BCUT2D eigenvalue weighted by atomic mass is 127. The molecule has 1 aromatic carbocycles. The number of amides is 2. The highest BCUT2D eigenvalue weighted by molar-refractivity contribution is 14.1. The Morgan fingerprint density at radius 2 is 1.94 bits per heavy atom. The highest BCUT2D eigenvalue weighted by Gasteiger charge is 2.43. The number of halogens is 1. The van der Waals surface area contributed by atoms with Crippen LogP contribution in [-0.2, 0) is 9.59 Å². The first-order chi connectivity index (χ1) is 15.3. The number of hydrogen-bond donors (Lipinski definition) is 3. The summed E-state index contributed by atoms with van der Waals surface area (Å²) < 4.78 is 7.06. The zero-order valence-corrected chi connectivity index (χ0v) is 20.8. The molecule has 8 heteroatoms. The molecule has 32 heavy (non-hydrogen) atoms. The van der Waals surface area contributed by atoms with Crippen molar-refractivity contribution in [2.45, 2.75) is 70.2 Å². The largest absolute Gasteiger partial charge is 0.482 e. The number of benzene rings is 1. The first kappa shape index (κ1) is 25.0. The van der Waals surface area contributed by atoms with E-state index in [1.165, 1.54) is 0 Å². The lowest BCUT2D eigenvalue weighted by Gasteiger charge is -2.44. The molecule has 0 bridgehead atoms. The van der Waals surface area contributed by atoms with Crippen LogP contribution in [0.4, 0.5) is 0 Å². The van der Waals surface area contributed by atoms with Gasteiger partial charge in [0, 0.05) is 30.5 Å². The van der Waals surface area contributed by atoms with Crippen LogP contribution in [0, 0.1) is 9.49 Å². The van der Waals surface area contributed by atoms with E-state index in [1.807, 2.05) is 43.0 Å². The summed E-state index contributed by atoms with van der Waals surface area (Å²) in [6, 6.07) is 7.00. The maximum atomic E-state index is 13.3. The van der Waals surface area contributed by atoms with Crippen LogP contribution < -0.4 is 10.1 Å². The summed E-state index contributed by atoms with van der Waals surface area (Å²) in [6.07, 6.45) is 4.07. The molecule has 0 aromatic heterocycles. The van der Waals surface area contributed by atoms with Crippen molar-refractivity contribution >= 4 is 34.4 Å². The second kappa shape index (κ2) is 11.5. The van der Waals surface area contributed by atoms with E-state index in [4.69, 9.17) is 9.84 Å². The van der Waals surface area contributed by atoms with Gasteiger partial charge in [-0.3, -0.25) is 9.59 Å². The topological polar surface area (TPSA) is 99.1 Å². The van der Waals surface area contributed by atoms with E-state index in [0.29, 0.717) is 11.3 Å². The molecule has 0 aliphatic heterocycles. The molecule has 0 heterocycles. The molecule has 2 aliphatic carbocycles. The number of carbonyl (C=O) groups excluding carboxylic acids is 2. The fourth-order valence-corrected chi connectivity index (χ4v) is 5.04. The highest BCUT2D eigenvalue weighted by Crippen LogP contribution is 2.34. The van der Waals surface area contributed by atoms with Gasteiger partial charge in [0.1, 0.15) is 18.0 Å². The summed E-state index contributed by atoms with van der Waals surface area (Å²) in [7, 11) is 0. The van der Waals surface area contributed by atoms with Crippen LogP contribution in [0.3, 0.4) is 0 Å². The van der Waals surface area contributed by atoms with Gasteiger partial charge in [0.25, 0.3) is 0 Å². The lowest BCUT2D eigenvalue weighted by Crippen LogP contribution is -2.58. The minimum absolute atomic E-state index is 0.00833. The molecule has 1 fully saturated rings. The lowest BCUT2D eigenvalue weighted by molar-refractivity contribution is -0.145. The van der Waals surface area contributed by atoms with Crippen LogP contribution >= 0.6 is 22.6 Å². The van der Waals surface area contributed by atoms with E-state index in [1.54, 1.807) is 6.08 Å². The minimum atomic E-state index is -0.969. The lowest BCUT2D eigenvalue weighted by atomic mass is 9.86. The fourth-order valence-electron chi connectivity index (χ4n) is 4.53. The van der Waals surface area contributed by atoms with Crippen molar-refractivity contribution in [3.05, 3.63) is 39.5 Å². The molecular weight excluding hydrogens is 523 g/mol. The summed E-state index contributed by atoms with van der Waals surface area (Å²) in [6.45, 7) is 3.71. The van der Waals surface area contributed by atoms with E-state index in [0.717, 1.165) is 29.3 Å². The molecule has 1 aromatic rings. The van der Waals surface area contributed by atoms with Gasteiger partial charge in [-0.1, -0.05) is 38.8 Å². The number of rotatable bonds is 8. The predicted molar refractivity (Wildman–Crippen MR) is 130 cm³/mol. The smallest absolute Gasteiger partial charge is 0.247 e. The molecule has 1 saturated carbocycles. The van der Waals surface area contributed by atoms with E-state index in [2.05, 4.69) is 27.9 Å². The predicted octanol–water partition coefficient (Wildman–Crippen LogP) is 2.63. The number of para-hydroxylation sites is 1. The van der Waals surface area contributed by atoms with Crippen molar-refractivity contribution in [3.63, 3.8) is 0 Å². The van der Waals surface area contributed by atoms with Gasteiger partial charge in [0.05, 0.1) is 16.2 Å². The van der Waals surface area contributed by atoms with Crippen LogP contribution in [0.15, 0.2) is 35.9 Å². The van der Waals surface area contributed by atoms with Gasteiger partial charge >= 0.3 is 0 Å². The third-order valence-electron chi connectivity index (χ3n) is 6.14. The van der Waals surface area contributed by atoms with Crippen molar-refractivity contribution in [2.24, 2.45) is 5.92 Å². The molecule has 176 valence electrons. The minimum Gasteiger partial charge on any atom is -0.482 e. The van der Waals surface area contributed by atoms with Gasteiger partial charge < -0.3 is 25.2 Å². The fraction of sp³-hybridized carbons (Fsp3) is 0.583. The Morgan fingerprint density at radius 1 is 1.25 bits per heavy atom. The number of aliphatic hydroxyl groups is 2. The Balaban J connectivity index is 1.95. The summed E-state index contributed by atoms with van der Waals surface area (Å²) in [5.74, 6) is 0.0864. The van der Waals surface area contributed by atoms with Crippen molar-refractivity contribution in [3.8, 4) is 5.75 Å². The molecule has 3 atom stereocenters. The number of hydrogen-bond acceptors (Lipinski definition) is 5. The van der Waals surface area contributed by atoms with Crippen molar-refractivity contribution in [1.82, 2.24) is 10.2 Å². The first-order valence-electron chi connectivity index (χ1n) is 11.3. The maximum absolute atomic E-state index is 13.3. The summed E-state index contributed by atoms with van der Waals surface area (Å²) in [5.41, 5.74) is 0.462. The molecule has 2 aliphatic rings. The molecule has 3 N–H and O–H groups in total. The monoisotopic (exact) mass is 556 g/mol. The standard InChI is InChI=1S/C24H33IN2O5/c1-15(2)24(31)27(17-7-3-4-8-17)19-13-16(23(30)26-11-12-28)14-21(22(19)29)32-20-10-6-5-9-18(20)25/h5-6,9-10,14-15,17,19,21-22,28-29H,3-4,7-8,11-13H2,1-2H3,(H,26,30)/t19-,21+,22+/m1/s1. The van der Waals surface area contributed by atoms with Crippen LogP contribution in [0.5, 0.6) is 5.75 Å². The van der Waals surface area contributed by atoms with Crippen molar-refractivity contribution in [2.75, 3.05) is 13.2 Å². The van der Waals surface area contributed by atoms with Crippen molar-refractivity contribution in [1.29, 1.82) is 0 Å². The molecule has 7 nitrogen and oxygen atoms in total. The molecule has 0 saturated heterocycles. The maximum Gasteiger partial charge on any atom is 0.247 e. The Morgan fingerprint density at radius 3 is 2.56 bits per heavy atom. The van der Waals surface area contributed by atoms with E-state index < -0.39 is 18.2 Å². The molecule has 0 radical (unpaired) electrons. The zero-order chi connectivity index (χ0) is 23.3. The Bertz CT molecular complexity index is 837. The van der Waals surface area contributed by atoms with E-state index in [-0.39, 0.29) is 43.3 Å². The summed E-state index contributed by atoms with van der Waals surface area (Å²) in [4.78, 5) is 27.9. The molecule has 0 spiro atoms.